The van der Waals surface area contributed by atoms with Crippen molar-refractivity contribution >= 4 is 29.6 Å². The molecule has 53 heavy (non-hydrogen) atoms. The van der Waals surface area contributed by atoms with Gasteiger partial charge in [0.15, 0.2) is 6.04 Å². The third-order valence-corrected chi connectivity index (χ3v) is 10.4. The monoisotopic (exact) mass is 747 g/mol. The van der Waals surface area contributed by atoms with Crippen LogP contribution in [0.4, 0.5) is 0 Å². The van der Waals surface area contributed by atoms with Gasteiger partial charge in [-0.05, 0) is 50.3 Å². The number of methoxy groups -OCH3 is 2. The number of carboxylic acids is 1. The molecule has 1 aliphatic rings. The number of aliphatic carboxylic acids is 1. The van der Waals surface area contributed by atoms with Gasteiger partial charge in [0.1, 0.15) is 12.1 Å². The summed E-state index contributed by atoms with van der Waals surface area (Å²) >= 11 is 0. The topological polar surface area (TPSA) is 178 Å². The van der Waals surface area contributed by atoms with Gasteiger partial charge in [-0.1, -0.05) is 78.8 Å². The highest BCUT2D eigenvalue weighted by Crippen LogP contribution is 2.29. The highest BCUT2D eigenvalue weighted by molar-refractivity contribution is 5.90. The first-order chi connectivity index (χ1) is 24.8. The zero-order valence-electron chi connectivity index (χ0n) is 33.7. The van der Waals surface area contributed by atoms with Crippen LogP contribution in [0.3, 0.4) is 0 Å². The lowest BCUT2D eigenvalue weighted by Crippen LogP contribution is -2.59. The average molecular weight is 748 g/mol. The first-order valence-corrected chi connectivity index (χ1v) is 18.6. The van der Waals surface area contributed by atoms with E-state index in [9.17, 15) is 34.2 Å². The van der Waals surface area contributed by atoms with E-state index in [0.29, 0.717) is 24.9 Å². The number of rotatable bonds is 20. The van der Waals surface area contributed by atoms with E-state index in [-0.39, 0.29) is 41.9 Å². The van der Waals surface area contributed by atoms with Crippen molar-refractivity contribution in [1.82, 2.24) is 25.3 Å². The lowest BCUT2D eigenvalue weighted by atomic mass is 9.91. The molecule has 9 atom stereocenters. The van der Waals surface area contributed by atoms with E-state index >= 15 is 0 Å². The Hall–Kier alpha value is -3.59. The summed E-state index contributed by atoms with van der Waals surface area (Å²) in [5.74, 6) is -3.94. The van der Waals surface area contributed by atoms with Crippen LogP contribution < -0.4 is 10.6 Å². The minimum Gasteiger partial charge on any atom is -0.480 e. The number of nitrogens with one attached hydrogen (secondary N) is 2. The maximum absolute atomic E-state index is 14.1. The Morgan fingerprint density at radius 3 is 1.91 bits per heavy atom. The number of carbonyl (C=O) groups excluding carboxylic acids is 4. The molecule has 0 aliphatic carbocycles. The Kier molecular flexibility index (Phi) is 17.8. The van der Waals surface area contributed by atoms with Crippen molar-refractivity contribution < 1.29 is 43.7 Å². The second-order valence-electron chi connectivity index (χ2n) is 15.5. The van der Waals surface area contributed by atoms with Crippen LogP contribution in [0.1, 0.15) is 79.4 Å². The number of benzene rings is 1. The lowest BCUT2D eigenvalue weighted by Gasteiger charge is -2.40. The minimum absolute atomic E-state index is 0.0247. The maximum atomic E-state index is 14.1. The SMILES string of the molecule is CO[C@H]([C@@H](C)C(=O)N[C@H](C(=O)O)[C@@H](O)c1ccccc1)[C@@H]1CCCN1C(=O)C[C@@H](OC)C(C(C)C)N(C)C(=O)[C@@H](NC(=O)C(C(C)C)N(C)C)C(C)C. The number of hydrogen-bond donors (Lipinski definition) is 4. The average Bonchev–Trinajstić information content (AvgIpc) is 3.58. The molecule has 0 bridgehead atoms. The summed E-state index contributed by atoms with van der Waals surface area (Å²) in [7, 11) is 8.30. The normalized spacial score (nSPS) is 19.3. The van der Waals surface area contributed by atoms with E-state index in [1.165, 1.54) is 14.2 Å². The Morgan fingerprint density at radius 1 is 0.849 bits per heavy atom. The highest BCUT2D eigenvalue weighted by Gasteiger charge is 2.43. The molecule has 1 aliphatic heterocycles. The van der Waals surface area contributed by atoms with Gasteiger partial charge >= 0.3 is 5.97 Å². The number of aliphatic hydroxyl groups excluding tert-OH is 1. The Labute approximate surface area is 315 Å². The molecule has 14 nitrogen and oxygen atoms in total. The second-order valence-corrected chi connectivity index (χ2v) is 15.5. The van der Waals surface area contributed by atoms with Gasteiger partial charge in [-0.25, -0.2) is 4.79 Å². The summed E-state index contributed by atoms with van der Waals surface area (Å²) in [5.41, 5.74) is 0.344. The number of nitrogens with zero attached hydrogens (tertiary/aromatic N) is 3. The molecule has 0 radical (unpaired) electrons. The number of likely N-dealkylation sites (N-methyl/N-ethyl adjacent to an activating group) is 2. The van der Waals surface area contributed by atoms with E-state index < -0.39 is 66.3 Å². The predicted molar refractivity (Wildman–Crippen MR) is 202 cm³/mol. The summed E-state index contributed by atoms with van der Waals surface area (Å²) in [6.07, 6.45) is -1.78. The fraction of sp³-hybridized carbons (Fsp3) is 0.718. The zero-order valence-corrected chi connectivity index (χ0v) is 33.7. The van der Waals surface area contributed by atoms with Crippen LogP contribution in [-0.4, -0.2) is 139 Å². The van der Waals surface area contributed by atoms with Gasteiger partial charge in [0.2, 0.25) is 23.6 Å². The van der Waals surface area contributed by atoms with Gasteiger partial charge in [-0.15, -0.1) is 0 Å². The number of ether oxygens (including phenoxy) is 2. The Morgan fingerprint density at radius 2 is 1.43 bits per heavy atom. The van der Waals surface area contributed by atoms with Crippen LogP contribution in [0, 0.1) is 23.7 Å². The molecule has 1 heterocycles. The van der Waals surface area contributed by atoms with Crippen LogP contribution in [0.25, 0.3) is 0 Å². The first-order valence-electron chi connectivity index (χ1n) is 18.6. The molecule has 14 heteroatoms. The number of carbonyl (C=O) groups is 5. The largest absolute Gasteiger partial charge is 0.480 e. The maximum Gasteiger partial charge on any atom is 0.329 e. The molecule has 0 saturated carbocycles. The summed E-state index contributed by atoms with van der Waals surface area (Å²) in [4.78, 5) is 72.2. The van der Waals surface area contributed by atoms with E-state index in [2.05, 4.69) is 10.6 Å². The van der Waals surface area contributed by atoms with Crippen molar-refractivity contribution in [3.05, 3.63) is 35.9 Å². The van der Waals surface area contributed by atoms with Crippen LogP contribution in [0.2, 0.25) is 0 Å². The van der Waals surface area contributed by atoms with E-state index in [4.69, 9.17) is 9.47 Å². The van der Waals surface area contributed by atoms with Crippen LogP contribution in [0.5, 0.6) is 0 Å². The zero-order chi connectivity index (χ0) is 40.3. The van der Waals surface area contributed by atoms with Crippen molar-refractivity contribution in [3.8, 4) is 0 Å². The Bertz CT molecular complexity index is 1350. The van der Waals surface area contributed by atoms with Gasteiger partial charge in [0.05, 0.1) is 42.7 Å². The van der Waals surface area contributed by atoms with Gasteiger partial charge in [-0.2, -0.15) is 0 Å². The number of hydrogen-bond acceptors (Lipinski definition) is 9. The van der Waals surface area contributed by atoms with Crippen LogP contribution in [0.15, 0.2) is 30.3 Å². The Balaban J connectivity index is 2.26. The molecule has 2 rings (SSSR count). The lowest BCUT2D eigenvalue weighted by molar-refractivity contribution is -0.149. The quantitative estimate of drug-likeness (QED) is 0.155. The van der Waals surface area contributed by atoms with Crippen molar-refractivity contribution in [3.63, 3.8) is 0 Å². The van der Waals surface area contributed by atoms with E-state index in [1.54, 1.807) is 54.1 Å². The minimum atomic E-state index is -1.60. The van der Waals surface area contributed by atoms with E-state index in [0.717, 1.165) is 0 Å². The number of aliphatic hydroxyl groups is 1. The standard InChI is InChI=1S/C39H65N5O9/c1-22(2)30(40-37(48)33(24(5)6)42(8)9)38(49)43(10)32(23(3)4)28(52-11)21-29(45)44-20-16-19-27(44)35(53-12)25(7)36(47)41-31(39(50)51)34(46)26-17-14-13-15-18-26/h13-15,17-18,22-25,27-28,30-35,46H,16,19-21H2,1-12H3,(H,40,48)(H,41,47)(H,50,51)/t25-,27+,28-,30+,31+,32?,33?,34+,35-/m1/s1. The number of likely N-dealkylation sites (tertiary alicyclic amines) is 1. The molecule has 4 N–H and O–H groups in total. The summed E-state index contributed by atoms with van der Waals surface area (Å²) < 4.78 is 11.7. The van der Waals surface area contributed by atoms with Crippen molar-refractivity contribution in [2.75, 3.05) is 41.9 Å². The molecule has 1 saturated heterocycles. The number of amides is 4. The molecular weight excluding hydrogens is 682 g/mol. The molecule has 1 aromatic rings. The molecule has 1 aromatic carbocycles. The molecule has 0 aromatic heterocycles. The molecule has 1 fully saturated rings. The third kappa shape index (κ3) is 11.7. The summed E-state index contributed by atoms with van der Waals surface area (Å²) in [6.45, 7) is 13.6. The van der Waals surface area contributed by atoms with Gasteiger partial charge < -0.3 is 40.1 Å². The highest BCUT2D eigenvalue weighted by atomic mass is 16.5. The van der Waals surface area contributed by atoms with Gasteiger partial charge in [0, 0.05) is 27.8 Å². The summed E-state index contributed by atoms with van der Waals surface area (Å²) in [6, 6.07) is 4.40. The van der Waals surface area contributed by atoms with E-state index in [1.807, 2.05) is 60.5 Å². The summed E-state index contributed by atoms with van der Waals surface area (Å²) in [5, 5.41) is 26.1. The predicted octanol–water partition coefficient (Wildman–Crippen LogP) is 2.55. The fourth-order valence-electron chi connectivity index (χ4n) is 7.70. The van der Waals surface area contributed by atoms with Gasteiger partial charge in [-0.3, -0.25) is 24.1 Å². The van der Waals surface area contributed by atoms with Crippen LogP contribution >= 0.6 is 0 Å². The first kappa shape index (κ1) is 45.6. The van der Waals surface area contributed by atoms with Gasteiger partial charge in [0.25, 0.3) is 0 Å². The number of carboxylic acid groups (broad SMARTS) is 1. The van der Waals surface area contributed by atoms with Crippen molar-refractivity contribution in [2.45, 2.75) is 116 Å². The molecular formula is C39H65N5O9. The second kappa shape index (κ2) is 20.8. The molecule has 2 unspecified atom stereocenters. The van der Waals surface area contributed by atoms with Crippen molar-refractivity contribution in [2.24, 2.45) is 23.7 Å². The smallest absolute Gasteiger partial charge is 0.329 e. The fourth-order valence-corrected chi connectivity index (χ4v) is 7.70. The molecule has 4 amide bonds. The van der Waals surface area contributed by atoms with Crippen molar-refractivity contribution in [1.29, 1.82) is 0 Å². The molecule has 0 spiro atoms. The third-order valence-electron chi connectivity index (χ3n) is 10.4. The van der Waals surface area contributed by atoms with Crippen LogP contribution in [-0.2, 0) is 33.4 Å². The molecule has 300 valence electrons.